The van der Waals surface area contributed by atoms with Crippen LogP contribution in [-0.4, -0.2) is 66.3 Å². The van der Waals surface area contributed by atoms with Gasteiger partial charge in [-0.3, -0.25) is 9.69 Å². The van der Waals surface area contributed by atoms with Crippen molar-refractivity contribution in [1.29, 1.82) is 0 Å². The minimum Gasteiger partial charge on any atom is -0.445 e. The molecule has 1 saturated heterocycles. The number of primary amides is 1. The van der Waals surface area contributed by atoms with E-state index in [1.807, 2.05) is 42.3 Å². The second kappa shape index (κ2) is 10.0. The zero-order valence-electron chi connectivity index (χ0n) is 15.6. The van der Waals surface area contributed by atoms with Crippen molar-refractivity contribution in [3.8, 4) is 0 Å². The van der Waals surface area contributed by atoms with Gasteiger partial charge in [-0.1, -0.05) is 30.3 Å². The average Bonchev–Trinajstić information content (AvgIpc) is 3.04. The lowest BCUT2D eigenvalue weighted by molar-refractivity contribution is -0.122. The molecule has 3 atom stereocenters. The van der Waals surface area contributed by atoms with Crippen molar-refractivity contribution in [2.24, 2.45) is 11.5 Å². The third-order valence-corrected chi connectivity index (χ3v) is 4.97. The van der Waals surface area contributed by atoms with Crippen LogP contribution in [0.1, 0.15) is 24.8 Å². The molecule has 1 aliphatic heterocycles. The first-order valence-electron chi connectivity index (χ1n) is 9.10. The number of likely N-dealkylation sites (N-methyl/N-ethyl adjacent to an activating group) is 1. The Morgan fingerprint density at radius 2 is 2.04 bits per heavy atom. The number of hydrogen-bond acceptors (Lipinski definition) is 6. The van der Waals surface area contributed by atoms with Gasteiger partial charge in [0.15, 0.2) is 0 Å². The number of nitrogens with two attached hydrogens (primary N) is 2. The van der Waals surface area contributed by atoms with Gasteiger partial charge in [-0.2, -0.15) is 0 Å². The molecule has 0 saturated carbocycles. The number of likely N-dealkylation sites (tertiary alicyclic amines) is 1. The maximum Gasteiger partial charge on any atom is 0.410 e. The standard InChI is InChI=1S/C19H28N4O4/c1-22-16(7-8-17(22)18(21)25)9-10-23(11-15(20)12-24)19(26)27-13-14-5-3-2-4-6-14/h2-6,12,15-17H,7-11,13,20H2,1H3,(H2,21,25). The minimum absolute atomic E-state index is 0.0901. The summed E-state index contributed by atoms with van der Waals surface area (Å²) in [5, 5.41) is 0. The number of ether oxygens (including phenoxy) is 1. The van der Waals surface area contributed by atoms with E-state index in [-0.39, 0.29) is 31.1 Å². The van der Waals surface area contributed by atoms with Crippen LogP contribution < -0.4 is 11.5 Å². The zero-order valence-corrected chi connectivity index (χ0v) is 15.6. The van der Waals surface area contributed by atoms with Gasteiger partial charge in [-0.15, -0.1) is 0 Å². The monoisotopic (exact) mass is 376 g/mol. The van der Waals surface area contributed by atoms with Crippen molar-refractivity contribution in [2.75, 3.05) is 20.1 Å². The summed E-state index contributed by atoms with van der Waals surface area (Å²) in [5.41, 5.74) is 12.0. The SMILES string of the molecule is CN1C(CCN(CC(N)C=O)C(=O)OCc2ccccc2)CCC1C(N)=O. The van der Waals surface area contributed by atoms with Crippen LogP contribution in [0.4, 0.5) is 4.79 Å². The molecule has 2 rings (SSSR count). The first-order valence-corrected chi connectivity index (χ1v) is 9.10. The van der Waals surface area contributed by atoms with Crippen LogP contribution in [-0.2, 0) is 20.9 Å². The van der Waals surface area contributed by atoms with Crippen LogP contribution in [0.3, 0.4) is 0 Å². The molecule has 4 N–H and O–H groups in total. The normalized spacial score (nSPS) is 20.8. The topological polar surface area (TPSA) is 119 Å². The molecule has 1 fully saturated rings. The van der Waals surface area contributed by atoms with Crippen molar-refractivity contribution < 1.29 is 19.1 Å². The molecule has 8 nitrogen and oxygen atoms in total. The highest BCUT2D eigenvalue weighted by Crippen LogP contribution is 2.24. The fourth-order valence-corrected chi connectivity index (χ4v) is 3.37. The van der Waals surface area contributed by atoms with Gasteiger partial charge >= 0.3 is 6.09 Å². The molecule has 8 heteroatoms. The van der Waals surface area contributed by atoms with E-state index in [1.165, 1.54) is 4.90 Å². The van der Waals surface area contributed by atoms with E-state index >= 15 is 0 Å². The Kier molecular flexibility index (Phi) is 7.75. The number of carbonyl (C=O) groups excluding carboxylic acids is 3. The lowest BCUT2D eigenvalue weighted by Crippen LogP contribution is -2.45. The molecule has 1 aromatic carbocycles. The number of carbonyl (C=O) groups is 3. The molecule has 0 aromatic heterocycles. The van der Waals surface area contributed by atoms with Gasteiger partial charge in [0.05, 0.1) is 12.1 Å². The summed E-state index contributed by atoms with van der Waals surface area (Å²) >= 11 is 0. The molecule has 0 aliphatic carbocycles. The summed E-state index contributed by atoms with van der Waals surface area (Å²) in [6.45, 7) is 0.627. The maximum atomic E-state index is 12.5. The largest absolute Gasteiger partial charge is 0.445 e. The molecule has 0 radical (unpaired) electrons. The highest BCUT2D eigenvalue weighted by Gasteiger charge is 2.34. The van der Waals surface area contributed by atoms with Gasteiger partial charge in [0.2, 0.25) is 5.91 Å². The highest BCUT2D eigenvalue weighted by atomic mass is 16.6. The van der Waals surface area contributed by atoms with E-state index in [0.717, 1.165) is 12.0 Å². The number of aldehydes is 1. The zero-order chi connectivity index (χ0) is 19.8. The third-order valence-electron chi connectivity index (χ3n) is 4.97. The first-order chi connectivity index (χ1) is 12.9. The minimum atomic E-state index is -0.769. The maximum absolute atomic E-state index is 12.5. The van der Waals surface area contributed by atoms with Gasteiger partial charge in [0.25, 0.3) is 0 Å². The second-order valence-electron chi connectivity index (χ2n) is 6.89. The molecular formula is C19H28N4O4. The van der Waals surface area contributed by atoms with Crippen molar-refractivity contribution in [2.45, 2.75) is 44.0 Å². The second-order valence-corrected chi connectivity index (χ2v) is 6.89. The van der Waals surface area contributed by atoms with E-state index in [9.17, 15) is 14.4 Å². The van der Waals surface area contributed by atoms with E-state index in [0.29, 0.717) is 25.7 Å². The Hall–Kier alpha value is -2.45. The van der Waals surface area contributed by atoms with Crippen LogP contribution >= 0.6 is 0 Å². The van der Waals surface area contributed by atoms with Crippen LogP contribution in [0.25, 0.3) is 0 Å². The Bertz CT molecular complexity index is 640. The molecule has 2 amide bonds. The van der Waals surface area contributed by atoms with Gasteiger partial charge in [-0.05, 0) is 31.9 Å². The van der Waals surface area contributed by atoms with Crippen LogP contribution in [0.2, 0.25) is 0 Å². The van der Waals surface area contributed by atoms with E-state index in [2.05, 4.69) is 0 Å². The molecule has 1 aliphatic rings. The van der Waals surface area contributed by atoms with Gasteiger partial charge < -0.3 is 25.9 Å². The van der Waals surface area contributed by atoms with Crippen LogP contribution in [0, 0.1) is 0 Å². The van der Waals surface area contributed by atoms with E-state index in [1.54, 1.807) is 0 Å². The quantitative estimate of drug-likeness (QED) is 0.606. The fourth-order valence-electron chi connectivity index (χ4n) is 3.37. The number of nitrogens with zero attached hydrogens (tertiary/aromatic N) is 2. The average molecular weight is 376 g/mol. The molecule has 148 valence electrons. The summed E-state index contributed by atoms with van der Waals surface area (Å²) in [6.07, 6.45) is 2.29. The molecule has 1 aromatic rings. The van der Waals surface area contributed by atoms with E-state index < -0.39 is 12.1 Å². The molecule has 27 heavy (non-hydrogen) atoms. The third kappa shape index (κ3) is 6.04. The first kappa shape index (κ1) is 20.9. The van der Waals surface area contributed by atoms with Gasteiger partial charge in [-0.25, -0.2) is 4.79 Å². The van der Waals surface area contributed by atoms with Crippen molar-refractivity contribution in [3.63, 3.8) is 0 Å². The summed E-state index contributed by atoms with van der Waals surface area (Å²) in [4.78, 5) is 38.2. The summed E-state index contributed by atoms with van der Waals surface area (Å²) in [6, 6.07) is 8.46. The number of amides is 2. The van der Waals surface area contributed by atoms with Crippen molar-refractivity contribution in [1.82, 2.24) is 9.80 Å². The smallest absolute Gasteiger partial charge is 0.410 e. The predicted molar refractivity (Wildman–Crippen MR) is 101 cm³/mol. The Morgan fingerprint density at radius 1 is 1.33 bits per heavy atom. The summed E-state index contributed by atoms with van der Waals surface area (Å²) in [7, 11) is 1.86. The number of rotatable bonds is 9. The lowest BCUT2D eigenvalue weighted by atomic mass is 10.1. The van der Waals surface area contributed by atoms with Crippen molar-refractivity contribution >= 4 is 18.3 Å². The van der Waals surface area contributed by atoms with Crippen molar-refractivity contribution in [3.05, 3.63) is 35.9 Å². The van der Waals surface area contributed by atoms with Crippen LogP contribution in [0.5, 0.6) is 0 Å². The lowest BCUT2D eigenvalue weighted by Gasteiger charge is -2.28. The molecule has 0 spiro atoms. The molecule has 0 bridgehead atoms. The van der Waals surface area contributed by atoms with E-state index in [4.69, 9.17) is 16.2 Å². The Labute approximate surface area is 159 Å². The number of hydrogen-bond donors (Lipinski definition) is 2. The predicted octanol–water partition coefficient (Wildman–Crippen LogP) is 0.490. The highest BCUT2D eigenvalue weighted by molar-refractivity contribution is 5.80. The van der Waals surface area contributed by atoms with Crippen LogP contribution in [0.15, 0.2) is 30.3 Å². The fraction of sp³-hybridized carbons (Fsp3) is 0.526. The Morgan fingerprint density at radius 3 is 2.63 bits per heavy atom. The molecule has 1 heterocycles. The Balaban J connectivity index is 1.92. The molecule has 3 unspecified atom stereocenters. The molecular weight excluding hydrogens is 348 g/mol. The summed E-state index contributed by atoms with van der Waals surface area (Å²) < 4.78 is 5.36. The number of benzene rings is 1. The summed E-state index contributed by atoms with van der Waals surface area (Å²) in [5.74, 6) is -0.331. The van der Waals surface area contributed by atoms with Gasteiger partial charge in [0.1, 0.15) is 12.9 Å². The van der Waals surface area contributed by atoms with Gasteiger partial charge in [0, 0.05) is 19.1 Å².